The summed E-state index contributed by atoms with van der Waals surface area (Å²) in [6.45, 7) is 5.79. The number of unbranched alkanes of at least 4 members (excludes halogenated alkanes) is 13. The molecule has 152 valence electrons. The van der Waals surface area contributed by atoms with E-state index in [9.17, 15) is 5.11 Å². The van der Waals surface area contributed by atoms with Crippen LogP contribution >= 0.6 is 0 Å². The van der Waals surface area contributed by atoms with Crippen LogP contribution in [-0.4, -0.2) is 35.2 Å². The van der Waals surface area contributed by atoms with Crippen molar-refractivity contribution >= 4 is 5.84 Å². The van der Waals surface area contributed by atoms with Crippen LogP contribution < -0.4 is 0 Å². The molecular weight excluding hydrogens is 320 g/mol. The summed E-state index contributed by atoms with van der Waals surface area (Å²) in [6.07, 6.45) is 24.5. The highest BCUT2D eigenvalue weighted by atomic mass is 16.3. The minimum Gasteiger partial charge on any atom is -0.374 e. The van der Waals surface area contributed by atoms with Crippen LogP contribution in [0.4, 0.5) is 0 Å². The Labute approximate surface area is 163 Å². The van der Waals surface area contributed by atoms with Gasteiger partial charge in [0.25, 0.3) is 0 Å². The molecule has 0 fully saturated rings. The molecule has 1 N–H and O–H groups in total. The predicted molar refractivity (Wildman–Crippen MR) is 115 cm³/mol. The lowest BCUT2D eigenvalue weighted by atomic mass is 10.0. The second-order valence-corrected chi connectivity index (χ2v) is 7.83. The molecule has 1 aliphatic heterocycles. The smallest absolute Gasteiger partial charge is 0.125 e. The molecule has 1 heterocycles. The van der Waals surface area contributed by atoms with Gasteiger partial charge in [0.15, 0.2) is 0 Å². The molecule has 26 heavy (non-hydrogen) atoms. The second-order valence-electron chi connectivity index (χ2n) is 7.83. The summed E-state index contributed by atoms with van der Waals surface area (Å²) in [5.74, 6) is 1.04. The lowest BCUT2D eigenvalue weighted by Gasteiger charge is -2.22. The van der Waals surface area contributed by atoms with E-state index in [0.29, 0.717) is 0 Å². The van der Waals surface area contributed by atoms with Crippen molar-refractivity contribution < 1.29 is 5.11 Å². The minimum absolute atomic E-state index is 0.411. The van der Waals surface area contributed by atoms with Crippen molar-refractivity contribution in [1.82, 2.24) is 4.90 Å². The zero-order valence-corrected chi connectivity index (χ0v) is 17.6. The predicted octanol–water partition coefficient (Wildman–Crippen LogP) is 6.47. The van der Waals surface area contributed by atoms with Crippen LogP contribution in [-0.2, 0) is 0 Å². The normalized spacial score (nSPS) is 15.8. The molecule has 0 radical (unpaired) electrons. The SMILES string of the molecule is CCCCCCCCCCCCCCC/C=C/CC1=NCCN1C(C)O. The lowest BCUT2D eigenvalue weighted by Crippen LogP contribution is -2.35. The summed E-state index contributed by atoms with van der Waals surface area (Å²) >= 11 is 0. The van der Waals surface area contributed by atoms with Gasteiger partial charge >= 0.3 is 0 Å². The average molecular weight is 365 g/mol. The first kappa shape index (κ1) is 23.2. The number of nitrogens with zero attached hydrogens (tertiary/aromatic N) is 2. The van der Waals surface area contributed by atoms with Crippen LogP contribution in [0.3, 0.4) is 0 Å². The van der Waals surface area contributed by atoms with Crippen LogP contribution in [0.5, 0.6) is 0 Å². The Kier molecular flexibility index (Phi) is 14.6. The summed E-state index contributed by atoms with van der Waals surface area (Å²) < 4.78 is 0. The monoisotopic (exact) mass is 364 g/mol. The van der Waals surface area contributed by atoms with E-state index in [1.807, 2.05) is 11.8 Å². The van der Waals surface area contributed by atoms with E-state index in [0.717, 1.165) is 25.3 Å². The highest BCUT2D eigenvalue weighted by Crippen LogP contribution is 2.13. The maximum Gasteiger partial charge on any atom is 0.125 e. The van der Waals surface area contributed by atoms with Crippen molar-refractivity contribution in [3.05, 3.63) is 12.2 Å². The van der Waals surface area contributed by atoms with Crippen molar-refractivity contribution in [1.29, 1.82) is 0 Å². The highest BCUT2D eigenvalue weighted by Gasteiger charge is 2.18. The van der Waals surface area contributed by atoms with Gasteiger partial charge in [0.2, 0.25) is 0 Å². The maximum absolute atomic E-state index is 9.68. The summed E-state index contributed by atoms with van der Waals surface area (Å²) in [5.41, 5.74) is 0. The number of amidine groups is 1. The number of hydrogen-bond donors (Lipinski definition) is 1. The Bertz CT molecular complexity index is 376. The largest absolute Gasteiger partial charge is 0.374 e. The molecule has 1 unspecified atom stereocenters. The molecule has 0 saturated carbocycles. The molecule has 0 aromatic heterocycles. The van der Waals surface area contributed by atoms with Gasteiger partial charge in [-0.1, -0.05) is 96.1 Å². The number of rotatable bonds is 17. The second kappa shape index (κ2) is 16.4. The fourth-order valence-electron chi connectivity index (χ4n) is 3.68. The first-order valence-corrected chi connectivity index (χ1v) is 11.4. The van der Waals surface area contributed by atoms with Gasteiger partial charge in [0.05, 0.1) is 6.54 Å². The quantitative estimate of drug-likeness (QED) is 0.237. The molecule has 0 aromatic carbocycles. The first-order valence-electron chi connectivity index (χ1n) is 11.4. The van der Waals surface area contributed by atoms with Crippen molar-refractivity contribution in [3.63, 3.8) is 0 Å². The van der Waals surface area contributed by atoms with E-state index >= 15 is 0 Å². The zero-order valence-electron chi connectivity index (χ0n) is 17.6. The summed E-state index contributed by atoms with van der Waals surface area (Å²) in [4.78, 5) is 6.47. The molecule has 1 rings (SSSR count). The summed E-state index contributed by atoms with van der Waals surface area (Å²) in [6, 6.07) is 0. The van der Waals surface area contributed by atoms with E-state index in [1.165, 1.54) is 89.9 Å². The van der Waals surface area contributed by atoms with Crippen LogP contribution in [0.2, 0.25) is 0 Å². The fraction of sp³-hybridized carbons (Fsp3) is 0.870. The van der Waals surface area contributed by atoms with Crippen LogP contribution in [0.1, 0.15) is 110 Å². The number of allylic oxidation sites excluding steroid dienone is 1. The minimum atomic E-state index is -0.411. The first-order chi connectivity index (χ1) is 12.8. The van der Waals surface area contributed by atoms with Gasteiger partial charge in [0, 0.05) is 13.0 Å². The molecule has 0 saturated heterocycles. The van der Waals surface area contributed by atoms with Gasteiger partial charge in [-0.15, -0.1) is 0 Å². The standard InChI is InChI=1S/C23H44N2O/c1-3-4-5-6-7-8-9-10-11-12-13-14-15-16-17-18-19-23-24-20-21-25(23)22(2)26/h17-18,22,26H,3-16,19-21H2,1-2H3/b18-17+. The molecule has 3 heteroatoms. The third-order valence-corrected chi connectivity index (χ3v) is 5.36. The molecule has 0 amide bonds. The van der Waals surface area contributed by atoms with E-state index in [4.69, 9.17) is 0 Å². The highest BCUT2D eigenvalue weighted by molar-refractivity contribution is 5.85. The lowest BCUT2D eigenvalue weighted by molar-refractivity contribution is 0.0771. The van der Waals surface area contributed by atoms with Crippen LogP contribution in [0, 0.1) is 0 Å². The van der Waals surface area contributed by atoms with E-state index in [1.54, 1.807) is 0 Å². The number of aliphatic imine (C=N–C) groups is 1. The average Bonchev–Trinajstić information content (AvgIpc) is 3.10. The Morgan fingerprint density at radius 2 is 1.42 bits per heavy atom. The van der Waals surface area contributed by atoms with Gasteiger partial charge in [-0.3, -0.25) is 4.99 Å². The number of aliphatic hydroxyl groups excluding tert-OH is 1. The van der Waals surface area contributed by atoms with E-state index in [-0.39, 0.29) is 0 Å². The van der Waals surface area contributed by atoms with Crippen molar-refractivity contribution in [2.45, 2.75) is 116 Å². The molecule has 0 bridgehead atoms. The third-order valence-electron chi connectivity index (χ3n) is 5.36. The van der Waals surface area contributed by atoms with Gasteiger partial charge in [-0.25, -0.2) is 0 Å². The zero-order chi connectivity index (χ0) is 18.9. The Balaban J connectivity index is 1.82. The van der Waals surface area contributed by atoms with Gasteiger partial charge < -0.3 is 10.0 Å². The fourth-order valence-corrected chi connectivity index (χ4v) is 3.68. The van der Waals surface area contributed by atoms with Gasteiger partial charge in [-0.05, 0) is 19.8 Å². The topological polar surface area (TPSA) is 35.8 Å². The van der Waals surface area contributed by atoms with Crippen LogP contribution in [0.25, 0.3) is 0 Å². The Morgan fingerprint density at radius 3 is 1.96 bits per heavy atom. The Morgan fingerprint density at radius 1 is 0.885 bits per heavy atom. The van der Waals surface area contributed by atoms with Crippen molar-refractivity contribution in [2.75, 3.05) is 13.1 Å². The van der Waals surface area contributed by atoms with E-state index in [2.05, 4.69) is 24.1 Å². The Hall–Kier alpha value is -0.830. The molecule has 0 spiro atoms. The van der Waals surface area contributed by atoms with Gasteiger partial charge in [0.1, 0.15) is 12.1 Å². The number of hydrogen-bond acceptors (Lipinski definition) is 3. The molecular formula is C23H44N2O. The number of aliphatic hydroxyl groups is 1. The van der Waals surface area contributed by atoms with Crippen molar-refractivity contribution in [3.8, 4) is 0 Å². The molecule has 3 nitrogen and oxygen atoms in total. The van der Waals surface area contributed by atoms with Crippen molar-refractivity contribution in [2.24, 2.45) is 4.99 Å². The maximum atomic E-state index is 9.68. The summed E-state index contributed by atoms with van der Waals surface area (Å²) in [5, 5.41) is 9.68. The van der Waals surface area contributed by atoms with Crippen LogP contribution in [0.15, 0.2) is 17.1 Å². The van der Waals surface area contributed by atoms with E-state index < -0.39 is 6.23 Å². The molecule has 0 aliphatic carbocycles. The summed E-state index contributed by atoms with van der Waals surface area (Å²) in [7, 11) is 0. The molecule has 1 atom stereocenters. The third kappa shape index (κ3) is 11.7. The molecule has 1 aliphatic rings. The van der Waals surface area contributed by atoms with Gasteiger partial charge in [-0.2, -0.15) is 0 Å². The molecule has 0 aromatic rings.